The summed E-state index contributed by atoms with van der Waals surface area (Å²) in [6.07, 6.45) is 0. The van der Waals surface area contributed by atoms with Crippen LogP contribution in [0.15, 0.2) is 29.5 Å². The fourth-order valence-corrected chi connectivity index (χ4v) is 2.38. The second-order valence-electron chi connectivity index (χ2n) is 4.99. The van der Waals surface area contributed by atoms with Gasteiger partial charge >= 0.3 is 11.9 Å². The molecule has 1 heterocycles. The maximum atomic E-state index is 12.2. The van der Waals surface area contributed by atoms with Crippen LogP contribution in [-0.2, 0) is 30.4 Å². The van der Waals surface area contributed by atoms with Crippen molar-refractivity contribution in [3.63, 3.8) is 0 Å². The quantitative estimate of drug-likeness (QED) is 0.824. The van der Waals surface area contributed by atoms with E-state index in [4.69, 9.17) is 14.2 Å². The molecule has 2 rings (SSSR count). The molecule has 0 aliphatic carbocycles. The number of hydrogen-bond donors (Lipinski definition) is 1. The zero-order valence-electron chi connectivity index (χ0n) is 13.3. The number of hydrogen-bond acceptors (Lipinski definition) is 7. The first-order chi connectivity index (χ1) is 11.0. The van der Waals surface area contributed by atoms with E-state index >= 15 is 0 Å². The van der Waals surface area contributed by atoms with E-state index < -0.39 is 11.9 Å². The molecule has 0 amide bonds. The Kier molecular flexibility index (Phi) is 5.36. The average molecular weight is 321 g/mol. The minimum atomic E-state index is -0.650. The molecule has 0 unspecified atom stereocenters. The third kappa shape index (κ3) is 3.35. The van der Waals surface area contributed by atoms with Crippen molar-refractivity contribution in [1.29, 1.82) is 0 Å². The molecule has 7 heteroatoms. The third-order valence-corrected chi connectivity index (χ3v) is 3.58. The lowest BCUT2D eigenvalue weighted by molar-refractivity contribution is -0.140. The predicted molar refractivity (Wildman–Crippen MR) is 81.5 cm³/mol. The second-order valence-corrected chi connectivity index (χ2v) is 4.99. The summed E-state index contributed by atoms with van der Waals surface area (Å²) in [5, 5.41) is 9.32. The molecule has 0 atom stereocenters. The number of aryl methyl sites for hydroxylation is 1. The van der Waals surface area contributed by atoms with E-state index in [-0.39, 0.29) is 31.2 Å². The molecule has 0 radical (unpaired) electrons. The number of rotatable bonds is 4. The Bertz CT molecular complexity index is 652. The van der Waals surface area contributed by atoms with Crippen LogP contribution in [0.4, 0.5) is 5.69 Å². The molecule has 0 saturated carbocycles. The van der Waals surface area contributed by atoms with Gasteiger partial charge in [-0.1, -0.05) is 12.1 Å². The molecule has 124 valence electrons. The Labute approximate surface area is 134 Å². The van der Waals surface area contributed by atoms with Crippen molar-refractivity contribution >= 4 is 17.6 Å². The molecule has 0 aromatic heterocycles. The molecule has 7 nitrogen and oxygen atoms in total. The van der Waals surface area contributed by atoms with Crippen LogP contribution in [0, 0.1) is 6.92 Å². The summed E-state index contributed by atoms with van der Waals surface area (Å²) in [5.74, 6) is -1.30. The number of aliphatic hydroxyl groups excluding tert-OH is 1. The number of esters is 2. The van der Waals surface area contributed by atoms with Gasteiger partial charge in [-0.15, -0.1) is 0 Å². The van der Waals surface area contributed by atoms with Crippen molar-refractivity contribution in [2.24, 2.45) is 0 Å². The highest BCUT2D eigenvalue weighted by molar-refractivity contribution is 6.03. The summed E-state index contributed by atoms with van der Waals surface area (Å²) in [6.45, 7) is 1.77. The highest BCUT2D eigenvalue weighted by Crippen LogP contribution is 2.30. The van der Waals surface area contributed by atoms with E-state index in [2.05, 4.69) is 0 Å². The number of ether oxygens (including phenoxy) is 3. The summed E-state index contributed by atoms with van der Waals surface area (Å²) in [4.78, 5) is 25.7. The van der Waals surface area contributed by atoms with Crippen LogP contribution in [0.5, 0.6) is 0 Å². The van der Waals surface area contributed by atoms with Gasteiger partial charge in [-0.25, -0.2) is 9.59 Å². The van der Waals surface area contributed by atoms with Crippen molar-refractivity contribution < 1.29 is 28.9 Å². The maximum Gasteiger partial charge on any atom is 0.355 e. The van der Waals surface area contributed by atoms with E-state index in [1.807, 2.05) is 13.0 Å². The topological polar surface area (TPSA) is 85.3 Å². The molecule has 0 fully saturated rings. The van der Waals surface area contributed by atoms with E-state index in [0.29, 0.717) is 11.3 Å². The van der Waals surface area contributed by atoms with E-state index in [0.717, 1.165) is 5.56 Å². The fourth-order valence-electron chi connectivity index (χ4n) is 2.38. The van der Waals surface area contributed by atoms with Crippen molar-refractivity contribution in [3.8, 4) is 0 Å². The summed E-state index contributed by atoms with van der Waals surface area (Å²) < 4.78 is 15.0. The summed E-state index contributed by atoms with van der Waals surface area (Å²) in [5.41, 5.74) is 2.37. The standard InChI is InChI=1S/C16H19NO6/c1-10-4-5-11(7-18)6-13(10)17-9-23-8-12(15(19)21-2)14(17)16(20)22-3/h4-6,18H,7-9H2,1-3H3. The number of carbonyl (C=O) groups is 2. The molecular formula is C16H19NO6. The Hall–Kier alpha value is -2.38. The molecule has 1 aromatic rings. The largest absolute Gasteiger partial charge is 0.466 e. The predicted octanol–water partition coefficient (Wildman–Crippen LogP) is 0.882. The summed E-state index contributed by atoms with van der Waals surface area (Å²) >= 11 is 0. The lowest BCUT2D eigenvalue weighted by Gasteiger charge is -2.32. The SMILES string of the molecule is COC(=O)C1=C(C(=O)OC)N(c2cc(CO)ccc2C)COC1. The molecular weight excluding hydrogens is 302 g/mol. The highest BCUT2D eigenvalue weighted by Gasteiger charge is 2.33. The first-order valence-corrected chi connectivity index (χ1v) is 6.99. The number of nitrogens with zero attached hydrogens (tertiary/aromatic N) is 1. The molecule has 1 aliphatic heterocycles. The van der Waals surface area contributed by atoms with E-state index in [1.165, 1.54) is 14.2 Å². The van der Waals surface area contributed by atoms with Gasteiger partial charge in [0.15, 0.2) is 0 Å². The molecule has 1 aromatic carbocycles. The van der Waals surface area contributed by atoms with Crippen molar-refractivity contribution in [1.82, 2.24) is 0 Å². The number of aliphatic hydroxyl groups is 1. The second kappa shape index (κ2) is 7.26. The van der Waals surface area contributed by atoms with Crippen LogP contribution >= 0.6 is 0 Å². The van der Waals surface area contributed by atoms with Crippen molar-refractivity contribution in [3.05, 3.63) is 40.6 Å². The summed E-state index contributed by atoms with van der Waals surface area (Å²) in [6, 6.07) is 5.34. The third-order valence-electron chi connectivity index (χ3n) is 3.58. The van der Waals surface area contributed by atoms with Crippen LogP contribution in [-0.4, -0.2) is 44.6 Å². The minimum Gasteiger partial charge on any atom is -0.466 e. The lowest BCUT2D eigenvalue weighted by atomic mass is 10.1. The number of benzene rings is 1. The van der Waals surface area contributed by atoms with Crippen molar-refractivity contribution in [2.75, 3.05) is 32.5 Å². The van der Waals surface area contributed by atoms with Gasteiger partial charge in [0, 0.05) is 5.69 Å². The number of carbonyl (C=O) groups excluding carboxylic acids is 2. The Balaban J connectivity index is 2.59. The maximum absolute atomic E-state index is 12.2. The molecule has 23 heavy (non-hydrogen) atoms. The smallest absolute Gasteiger partial charge is 0.355 e. The summed E-state index contributed by atoms with van der Waals surface area (Å²) in [7, 11) is 2.48. The fraction of sp³-hybridized carbons (Fsp3) is 0.375. The monoisotopic (exact) mass is 321 g/mol. The highest BCUT2D eigenvalue weighted by atomic mass is 16.5. The first-order valence-electron chi connectivity index (χ1n) is 6.99. The zero-order chi connectivity index (χ0) is 17.0. The molecule has 0 saturated heterocycles. The van der Waals surface area contributed by atoms with Gasteiger partial charge in [-0.3, -0.25) is 0 Å². The Morgan fingerprint density at radius 2 is 1.96 bits per heavy atom. The Morgan fingerprint density at radius 3 is 2.57 bits per heavy atom. The van der Waals surface area contributed by atoms with Gasteiger partial charge in [0.05, 0.1) is 33.0 Å². The molecule has 0 spiro atoms. The van der Waals surface area contributed by atoms with Gasteiger partial charge < -0.3 is 24.2 Å². The lowest BCUT2D eigenvalue weighted by Crippen LogP contribution is -2.39. The zero-order valence-corrected chi connectivity index (χ0v) is 13.3. The van der Waals surface area contributed by atoms with Crippen LogP contribution in [0.1, 0.15) is 11.1 Å². The van der Waals surface area contributed by atoms with Crippen LogP contribution < -0.4 is 4.90 Å². The van der Waals surface area contributed by atoms with Gasteiger partial charge in [0.25, 0.3) is 0 Å². The minimum absolute atomic E-state index is 0.0354. The molecule has 0 bridgehead atoms. The first kappa shape index (κ1) is 17.0. The van der Waals surface area contributed by atoms with Gasteiger partial charge in [0.1, 0.15) is 12.4 Å². The van der Waals surface area contributed by atoms with E-state index in [9.17, 15) is 14.7 Å². The van der Waals surface area contributed by atoms with Crippen LogP contribution in [0.3, 0.4) is 0 Å². The van der Waals surface area contributed by atoms with Crippen molar-refractivity contribution in [2.45, 2.75) is 13.5 Å². The number of anilines is 1. The molecule has 1 aliphatic rings. The van der Waals surface area contributed by atoms with Crippen LogP contribution in [0.25, 0.3) is 0 Å². The Morgan fingerprint density at radius 1 is 1.26 bits per heavy atom. The van der Waals surface area contributed by atoms with Gasteiger partial charge in [0.2, 0.25) is 0 Å². The normalized spacial score (nSPS) is 14.7. The average Bonchev–Trinajstić information content (AvgIpc) is 2.60. The van der Waals surface area contributed by atoms with E-state index in [1.54, 1.807) is 17.0 Å². The van der Waals surface area contributed by atoms with Crippen LogP contribution in [0.2, 0.25) is 0 Å². The number of methoxy groups -OCH3 is 2. The van der Waals surface area contributed by atoms with Gasteiger partial charge in [-0.2, -0.15) is 0 Å². The molecule has 1 N–H and O–H groups in total. The van der Waals surface area contributed by atoms with Gasteiger partial charge in [-0.05, 0) is 24.1 Å².